The zero-order valence-electron chi connectivity index (χ0n) is 12.2. The van der Waals surface area contributed by atoms with Gasteiger partial charge in [-0.05, 0) is 38.3 Å². The molecule has 2 nitrogen and oxygen atoms in total. The largest absolute Gasteiger partial charge is 0.307 e. The van der Waals surface area contributed by atoms with E-state index in [-0.39, 0.29) is 0 Å². The molecule has 1 aliphatic heterocycles. The molecule has 1 aliphatic carbocycles. The molecule has 1 atom stereocenters. The maximum atomic E-state index is 3.72. The zero-order valence-corrected chi connectivity index (χ0v) is 12.2. The Balaban J connectivity index is 1.65. The first-order valence-electron chi connectivity index (χ1n) is 7.68. The summed E-state index contributed by atoms with van der Waals surface area (Å²) < 4.78 is 0. The van der Waals surface area contributed by atoms with Crippen LogP contribution >= 0.6 is 0 Å². The van der Waals surface area contributed by atoms with Gasteiger partial charge in [0.05, 0.1) is 0 Å². The van der Waals surface area contributed by atoms with Crippen molar-refractivity contribution in [3.63, 3.8) is 0 Å². The van der Waals surface area contributed by atoms with Crippen LogP contribution in [-0.2, 0) is 0 Å². The van der Waals surface area contributed by atoms with Gasteiger partial charge in [0.2, 0.25) is 0 Å². The Kier molecular flexibility index (Phi) is 3.64. The van der Waals surface area contributed by atoms with Gasteiger partial charge in [0.15, 0.2) is 0 Å². The second-order valence-electron chi connectivity index (χ2n) is 6.83. The Bertz CT molecular complexity index is 409. The third-order valence-electron chi connectivity index (χ3n) is 4.75. The molecule has 3 rings (SSSR count). The summed E-state index contributed by atoms with van der Waals surface area (Å²) in [6.07, 6.45) is 4.33. The summed E-state index contributed by atoms with van der Waals surface area (Å²) in [5.41, 5.74) is 1.72. The molecular formula is C17H26N2. The van der Waals surface area contributed by atoms with Gasteiger partial charge in [0, 0.05) is 24.7 Å². The normalized spacial score (nSPS) is 27.4. The van der Waals surface area contributed by atoms with Crippen molar-refractivity contribution in [3.8, 4) is 0 Å². The molecule has 104 valence electrons. The van der Waals surface area contributed by atoms with Crippen molar-refractivity contribution in [1.82, 2.24) is 10.2 Å². The summed E-state index contributed by atoms with van der Waals surface area (Å²) in [7, 11) is 0. The highest BCUT2D eigenvalue weighted by atomic mass is 15.3. The maximum Gasteiger partial charge on any atom is 0.0450 e. The van der Waals surface area contributed by atoms with E-state index in [4.69, 9.17) is 0 Å². The van der Waals surface area contributed by atoms with Crippen LogP contribution in [0.3, 0.4) is 0 Å². The van der Waals surface area contributed by atoms with E-state index < -0.39 is 0 Å². The second kappa shape index (κ2) is 5.26. The van der Waals surface area contributed by atoms with Gasteiger partial charge in [0.1, 0.15) is 0 Å². The lowest BCUT2D eigenvalue weighted by molar-refractivity contribution is 0.0634. The average molecular weight is 258 g/mol. The maximum absolute atomic E-state index is 3.72. The van der Waals surface area contributed by atoms with Crippen LogP contribution in [0.5, 0.6) is 0 Å². The molecule has 1 saturated heterocycles. The van der Waals surface area contributed by atoms with E-state index in [1.54, 1.807) is 0 Å². The molecule has 0 bridgehead atoms. The molecule has 2 heteroatoms. The molecule has 1 N–H and O–H groups in total. The summed E-state index contributed by atoms with van der Waals surface area (Å²) in [5, 5.41) is 3.72. The number of hydrogen-bond donors (Lipinski definition) is 1. The highest BCUT2D eigenvalue weighted by molar-refractivity contribution is 5.20. The molecule has 2 aliphatic rings. The quantitative estimate of drug-likeness (QED) is 0.892. The fourth-order valence-corrected chi connectivity index (χ4v) is 3.06. The van der Waals surface area contributed by atoms with Gasteiger partial charge in [-0.25, -0.2) is 0 Å². The van der Waals surface area contributed by atoms with Gasteiger partial charge in [-0.1, -0.05) is 43.2 Å². The Labute approximate surface area is 117 Å². The van der Waals surface area contributed by atoms with Crippen molar-refractivity contribution in [2.45, 2.75) is 44.7 Å². The highest BCUT2D eigenvalue weighted by Gasteiger charge is 2.35. The van der Waals surface area contributed by atoms with Crippen LogP contribution in [0.4, 0.5) is 0 Å². The third kappa shape index (κ3) is 3.18. The van der Waals surface area contributed by atoms with E-state index in [9.17, 15) is 0 Å². The molecule has 2 fully saturated rings. The Hall–Kier alpha value is -0.860. The first kappa shape index (κ1) is 13.1. The Morgan fingerprint density at radius 3 is 2.63 bits per heavy atom. The summed E-state index contributed by atoms with van der Waals surface area (Å²) in [5.74, 6) is 1.03. The first-order valence-corrected chi connectivity index (χ1v) is 7.68. The van der Waals surface area contributed by atoms with Crippen molar-refractivity contribution in [2.24, 2.45) is 5.92 Å². The Morgan fingerprint density at radius 2 is 1.95 bits per heavy atom. The second-order valence-corrected chi connectivity index (χ2v) is 6.83. The molecule has 1 aromatic carbocycles. The van der Waals surface area contributed by atoms with E-state index in [0.717, 1.165) is 19.0 Å². The fourth-order valence-electron chi connectivity index (χ4n) is 3.06. The minimum atomic E-state index is 0.292. The molecule has 1 aromatic rings. The van der Waals surface area contributed by atoms with Gasteiger partial charge >= 0.3 is 0 Å². The SMILES string of the molecule is CC1(C)CNC(c2ccccc2)CN1CCC1CC1. The molecule has 1 unspecified atom stereocenters. The smallest absolute Gasteiger partial charge is 0.0450 e. The summed E-state index contributed by atoms with van der Waals surface area (Å²) >= 11 is 0. The fraction of sp³-hybridized carbons (Fsp3) is 0.647. The van der Waals surface area contributed by atoms with Gasteiger partial charge in [-0.3, -0.25) is 4.90 Å². The lowest BCUT2D eigenvalue weighted by Gasteiger charge is -2.46. The molecule has 0 aromatic heterocycles. The van der Waals surface area contributed by atoms with Gasteiger partial charge < -0.3 is 5.32 Å². The van der Waals surface area contributed by atoms with Crippen molar-refractivity contribution < 1.29 is 0 Å². The zero-order chi connectivity index (χ0) is 13.3. The van der Waals surface area contributed by atoms with Crippen molar-refractivity contribution >= 4 is 0 Å². The average Bonchev–Trinajstić information content (AvgIpc) is 3.22. The van der Waals surface area contributed by atoms with Crippen LogP contribution in [0.2, 0.25) is 0 Å². The van der Waals surface area contributed by atoms with Gasteiger partial charge in [-0.2, -0.15) is 0 Å². The number of nitrogens with one attached hydrogen (secondary N) is 1. The van der Waals surface area contributed by atoms with Crippen molar-refractivity contribution in [3.05, 3.63) is 35.9 Å². The minimum Gasteiger partial charge on any atom is -0.307 e. The molecule has 0 spiro atoms. The topological polar surface area (TPSA) is 15.3 Å². The van der Waals surface area contributed by atoms with Crippen LogP contribution in [0.25, 0.3) is 0 Å². The molecular weight excluding hydrogens is 232 g/mol. The van der Waals surface area contributed by atoms with Crippen LogP contribution in [0.15, 0.2) is 30.3 Å². The number of hydrogen-bond acceptors (Lipinski definition) is 2. The van der Waals surface area contributed by atoms with Crippen LogP contribution in [0, 0.1) is 5.92 Å². The van der Waals surface area contributed by atoms with E-state index in [0.29, 0.717) is 11.6 Å². The monoisotopic (exact) mass is 258 g/mol. The molecule has 1 heterocycles. The molecule has 1 saturated carbocycles. The predicted molar refractivity (Wildman–Crippen MR) is 80.2 cm³/mol. The molecule has 0 amide bonds. The summed E-state index contributed by atoms with van der Waals surface area (Å²) in [6.45, 7) is 8.23. The van der Waals surface area contributed by atoms with Crippen molar-refractivity contribution in [1.29, 1.82) is 0 Å². The first-order chi connectivity index (χ1) is 9.15. The summed E-state index contributed by atoms with van der Waals surface area (Å²) in [4.78, 5) is 2.69. The van der Waals surface area contributed by atoms with Gasteiger partial charge in [0.25, 0.3) is 0 Å². The lowest BCUT2D eigenvalue weighted by atomic mass is 9.94. The minimum absolute atomic E-state index is 0.292. The Morgan fingerprint density at radius 1 is 1.21 bits per heavy atom. The van der Waals surface area contributed by atoms with Crippen LogP contribution < -0.4 is 5.32 Å². The van der Waals surface area contributed by atoms with Gasteiger partial charge in [-0.15, -0.1) is 0 Å². The third-order valence-corrected chi connectivity index (χ3v) is 4.75. The number of nitrogens with zero attached hydrogens (tertiary/aromatic N) is 1. The highest BCUT2D eigenvalue weighted by Crippen LogP contribution is 2.34. The standard InChI is InChI=1S/C17H26N2/c1-17(2)13-18-16(15-6-4-3-5-7-15)12-19(17)11-10-14-8-9-14/h3-7,14,16,18H,8-13H2,1-2H3. The molecule has 19 heavy (non-hydrogen) atoms. The van der Waals surface area contributed by atoms with Crippen LogP contribution in [0.1, 0.15) is 44.7 Å². The number of piperazine rings is 1. The number of benzene rings is 1. The van der Waals surface area contributed by atoms with E-state index >= 15 is 0 Å². The number of rotatable bonds is 4. The predicted octanol–water partition coefficient (Wildman–Crippen LogP) is 3.21. The van der Waals surface area contributed by atoms with E-state index in [1.165, 1.54) is 31.4 Å². The van der Waals surface area contributed by atoms with E-state index in [2.05, 4.69) is 54.4 Å². The lowest BCUT2D eigenvalue weighted by Crippen LogP contribution is -2.59. The summed E-state index contributed by atoms with van der Waals surface area (Å²) in [6, 6.07) is 11.4. The van der Waals surface area contributed by atoms with E-state index in [1.807, 2.05) is 0 Å². The molecule has 0 radical (unpaired) electrons. The van der Waals surface area contributed by atoms with Crippen molar-refractivity contribution in [2.75, 3.05) is 19.6 Å². The van der Waals surface area contributed by atoms with Crippen LogP contribution in [-0.4, -0.2) is 30.1 Å².